The first kappa shape index (κ1) is 20.9. The molecule has 0 unspecified atom stereocenters. The summed E-state index contributed by atoms with van der Waals surface area (Å²) in [4.78, 5) is 14.5. The zero-order chi connectivity index (χ0) is 18.5. The molecule has 0 aliphatic rings. The monoisotopic (exact) mass is 374 g/mol. The fraction of sp³-hybridized carbons (Fsp3) is 0.588. The standard InChI is InChI=1S/C17H27ClN2O3S/c1-6-7-8-11-20(13(2)3)17(21)14-9-10-15(18)16(12-14)24(22,23)19(4)5/h9-10,12-13H,6-8,11H2,1-5H3. The summed E-state index contributed by atoms with van der Waals surface area (Å²) in [6, 6.07) is 4.46. The molecule has 0 radical (unpaired) electrons. The average molecular weight is 375 g/mol. The van der Waals surface area contributed by atoms with E-state index in [-0.39, 0.29) is 21.9 Å². The Morgan fingerprint density at radius 1 is 1.21 bits per heavy atom. The summed E-state index contributed by atoms with van der Waals surface area (Å²) < 4.78 is 25.8. The summed E-state index contributed by atoms with van der Waals surface area (Å²) in [6.45, 7) is 6.68. The van der Waals surface area contributed by atoms with Gasteiger partial charge in [0.2, 0.25) is 10.0 Å². The first-order chi connectivity index (χ1) is 11.1. The normalized spacial score (nSPS) is 12.0. The molecular weight excluding hydrogens is 348 g/mol. The molecule has 0 saturated carbocycles. The lowest BCUT2D eigenvalue weighted by atomic mass is 10.1. The molecule has 0 heterocycles. The number of carbonyl (C=O) groups excluding carboxylic acids is 1. The number of nitrogens with zero attached hydrogens (tertiary/aromatic N) is 2. The van der Waals surface area contributed by atoms with Gasteiger partial charge in [0.1, 0.15) is 4.90 Å². The van der Waals surface area contributed by atoms with E-state index in [1.807, 2.05) is 13.8 Å². The number of carbonyl (C=O) groups is 1. The van der Waals surface area contributed by atoms with Gasteiger partial charge in [0.05, 0.1) is 5.02 Å². The third kappa shape index (κ3) is 4.94. The van der Waals surface area contributed by atoms with Crippen molar-refractivity contribution < 1.29 is 13.2 Å². The summed E-state index contributed by atoms with van der Waals surface area (Å²) in [7, 11) is -0.828. The SMILES string of the molecule is CCCCCN(C(=O)c1ccc(Cl)c(S(=O)(=O)N(C)C)c1)C(C)C. The number of unbranched alkanes of at least 4 members (excludes halogenated alkanes) is 2. The lowest BCUT2D eigenvalue weighted by Gasteiger charge is -2.27. The maximum absolute atomic E-state index is 12.8. The molecule has 0 bridgehead atoms. The van der Waals surface area contributed by atoms with Crippen molar-refractivity contribution in [3.05, 3.63) is 28.8 Å². The third-order valence-corrected chi connectivity index (χ3v) is 6.12. The van der Waals surface area contributed by atoms with E-state index in [0.717, 1.165) is 23.6 Å². The van der Waals surface area contributed by atoms with E-state index in [1.165, 1.54) is 26.2 Å². The van der Waals surface area contributed by atoms with Crippen molar-refractivity contribution >= 4 is 27.5 Å². The van der Waals surface area contributed by atoms with Crippen LogP contribution in [0.1, 0.15) is 50.4 Å². The van der Waals surface area contributed by atoms with Crippen LogP contribution in [0.3, 0.4) is 0 Å². The molecule has 7 heteroatoms. The minimum atomic E-state index is -3.70. The van der Waals surface area contributed by atoms with Gasteiger partial charge in [-0.2, -0.15) is 0 Å². The predicted molar refractivity (Wildman–Crippen MR) is 98.0 cm³/mol. The van der Waals surface area contributed by atoms with Crippen molar-refractivity contribution in [3.63, 3.8) is 0 Å². The molecule has 1 aromatic carbocycles. The second-order valence-electron chi connectivity index (χ2n) is 6.23. The van der Waals surface area contributed by atoms with Crippen LogP contribution < -0.4 is 0 Å². The van der Waals surface area contributed by atoms with Crippen LogP contribution in [0.4, 0.5) is 0 Å². The molecule has 24 heavy (non-hydrogen) atoms. The summed E-state index contributed by atoms with van der Waals surface area (Å²) >= 11 is 6.04. The van der Waals surface area contributed by atoms with Crippen LogP contribution >= 0.6 is 11.6 Å². The lowest BCUT2D eigenvalue weighted by molar-refractivity contribution is 0.0702. The van der Waals surface area contributed by atoms with Crippen molar-refractivity contribution in [2.75, 3.05) is 20.6 Å². The topological polar surface area (TPSA) is 57.7 Å². The lowest BCUT2D eigenvalue weighted by Crippen LogP contribution is -2.37. The van der Waals surface area contributed by atoms with Crippen LogP contribution in [0, 0.1) is 0 Å². The second kappa shape index (κ2) is 8.83. The Morgan fingerprint density at radius 3 is 2.33 bits per heavy atom. The Labute approximate surface area is 150 Å². The minimum absolute atomic E-state index is 0.0407. The van der Waals surface area contributed by atoms with Crippen LogP contribution in [0.5, 0.6) is 0 Å². The van der Waals surface area contributed by atoms with Gasteiger partial charge in [-0.1, -0.05) is 31.4 Å². The van der Waals surface area contributed by atoms with Gasteiger partial charge < -0.3 is 4.90 Å². The first-order valence-corrected chi connectivity index (χ1v) is 9.97. The summed E-state index contributed by atoms with van der Waals surface area (Å²) in [5.74, 6) is -0.173. The zero-order valence-corrected chi connectivity index (χ0v) is 16.6. The van der Waals surface area contributed by atoms with Gasteiger partial charge in [-0.25, -0.2) is 12.7 Å². The van der Waals surface area contributed by atoms with Gasteiger partial charge in [-0.3, -0.25) is 4.79 Å². The van der Waals surface area contributed by atoms with E-state index in [1.54, 1.807) is 11.0 Å². The van der Waals surface area contributed by atoms with Crippen LogP contribution in [-0.4, -0.2) is 50.2 Å². The molecule has 0 aromatic heterocycles. The number of rotatable bonds is 8. The van der Waals surface area contributed by atoms with Crippen molar-refractivity contribution in [2.45, 2.75) is 51.0 Å². The molecule has 5 nitrogen and oxygen atoms in total. The van der Waals surface area contributed by atoms with Crippen molar-refractivity contribution in [3.8, 4) is 0 Å². The molecule has 0 spiro atoms. The second-order valence-corrected chi connectivity index (χ2v) is 8.76. The summed E-state index contributed by atoms with van der Waals surface area (Å²) in [6.07, 6.45) is 3.06. The van der Waals surface area contributed by atoms with Gasteiger partial charge in [0, 0.05) is 32.2 Å². The molecule has 1 aromatic rings. The number of hydrogen-bond donors (Lipinski definition) is 0. The van der Waals surface area contributed by atoms with E-state index >= 15 is 0 Å². The number of benzene rings is 1. The molecule has 0 N–H and O–H groups in total. The molecule has 0 fully saturated rings. The fourth-order valence-electron chi connectivity index (χ4n) is 2.32. The predicted octanol–water partition coefficient (Wildman–Crippen LogP) is 3.63. The molecule has 1 rings (SSSR count). The largest absolute Gasteiger partial charge is 0.336 e. The van der Waals surface area contributed by atoms with Crippen LogP contribution in [0.25, 0.3) is 0 Å². The maximum Gasteiger partial charge on any atom is 0.254 e. The highest BCUT2D eigenvalue weighted by Crippen LogP contribution is 2.25. The van der Waals surface area contributed by atoms with E-state index < -0.39 is 10.0 Å². The molecule has 1 amide bonds. The van der Waals surface area contributed by atoms with E-state index in [0.29, 0.717) is 12.1 Å². The number of sulfonamides is 1. The minimum Gasteiger partial charge on any atom is -0.336 e. The first-order valence-electron chi connectivity index (χ1n) is 8.16. The highest BCUT2D eigenvalue weighted by molar-refractivity contribution is 7.89. The Kier molecular flexibility index (Phi) is 7.70. The fourth-order valence-corrected chi connectivity index (χ4v) is 3.72. The van der Waals surface area contributed by atoms with E-state index in [9.17, 15) is 13.2 Å². The van der Waals surface area contributed by atoms with Gasteiger partial charge in [0.25, 0.3) is 5.91 Å². The Hall–Kier alpha value is -1.11. The maximum atomic E-state index is 12.8. The summed E-state index contributed by atoms with van der Waals surface area (Å²) in [5.41, 5.74) is 0.338. The molecule has 0 aliphatic heterocycles. The highest BCUT2D eigenvalue weighted by atomic mass is 35.5. The molecular formula is C17H27ClN2O3S. The van der Waals surface area contributed by atoms with Gasteiger partial charge in [0.15, 0.2) is 0 Å². The number of hydrogen-bond acceptors (Lipinski definition) is 3. The van der Waals surface area contributed by atoms with Crippen LogP contribution in [0.15, 0.2) is 23.1 Å². The number of amides is 1. The zero-order valence-electron chi connectivity index (χ0n) is 15.0. The molecule has 136 valence electrons. The van der Waals surface area contributed by atoms with Crippen molar-refractivity contribution in [2.24, 2.45) is 0 Å². The van der Waals surface area contributed by atoms with Crippen LogP contribution in [0.2, 0.25) is 5.02 Å². The molecule has 0 atom stereocenters. The quantitative estimate of drug-likeness (QED) is 0.653. The molecule has 0 aliphatic carbocycles. The highest BCUT2D eigenvalue weighted by Gasteiger charge is 2.24. The Morgan fingerprint density at radius 2 is 1.83 bits per heavy atom. The van der Waals surface area contributed by atoms with E-state index in [4.69, 9.17) is 11.6 Å². The van der Waals surface area contributed by atoms with Crippen molar-refractivity contribution in [1.29, 1.82) is 0 Å². The van der Waals surface area contributed by atoms with E-state index in [2.05, 4.69) is 6.92 Å². The van der Waals surface area contributed by atoms with Gasteiger partial charge in [-0.15, -0.1) is 0 Å². The molecule has 0 saturated heterocycles. The van der Waals surface area contributed by atoms with Crippen molar-refractivity contribution in [1.82, 2.24) is 9.21 Å². The Balaban J connectivity index is 3.19. The van der Waals surface area contributed by atoms with Crippen LogP contribution in [-0.2, 0) is 10.0 Å². The summed E-state index contributed by atoms with van der Waals surface area (Å²) in [5, 5.41) is 0.113. The smallest absolute Gasteiger partial charge is 0.254 e. The van der Waals surface area contributed by atoms with Gasteiger partial charge >= 0.3 is 0 Å². The Bertz CT molecular complexity index is 672. The number of halogens is 1. The average Bonchev–Trinajstić information content (AvgIpc) is 2.50. The van der Waals surface area contributed by atoms with Gasteiger partial charge in [-0.05, 0) is 38.5 Å². The third-order valence-electron chi connectivity index (χ3n) is 3.82.